The maximum absolute atomic E-state index is 3.72. The van der Waals surface area contributed by atoms with Crippen molar-refractivity contribution in [3.05, 3.63) is 34.9 Å². The standard InChI is InChI=1S/C16H24NSi/c1-11-10-12-8-7-9-13(18(5)6)14(12)15(11)17-16(2,3)4/h7-9,17H,10H2,1-6H3. The molecular formula is C16H24NSi. The Morgan fingerprint density at radius 2 is 1.83 bits per heavy atom. The number of nitrogens with one attached hydrogen (secondary N) is 1. The number of hydrogen-bond donors (Lipinski definition) is 1. The van der Waals surface area contributed by atoms with E-state index in [9.17, 15) is 0 Å². The normalized spacial score (nSPS) is 15.3. The van der Waals surface area contributed by atoms with Gasteiger partial charge in [0.1, 0.15) is 0 Å². The third-order valence-electron chi connectivity index (χ3n) is 3.32. The molecule has 97 valence electrons. The highest BCUT2D eigenvalue weighted by Crippen LogP contribution is 2.31. The molecule has 0 amide bonds. The van der Waals surface area contributed by atoms with Gasteiger partial charge in [0.25, 0.3) is 0 Å². The van der Waals surface area contributed by atoms with E-state index < -0.39 is 8.80 Å². The molecule has 2 heteroatoms. The van der Waals surface area contributed by atoms with E-state index in [2.05, 4.69) is 64.3 Å². The minimum atomic E-state index is -0.421. The molecule has 0 bridgehead atoms. The van der Waals surface area contributed by atoms with Gasteiger partial charge in [0.2, 0.25) is 0 Å². The summed E-state index contributed by atoms with van der Waals surface area (Å²) in [6, 6.07) is 6.82. The Hall–Kier alpha value is -1.02. The summed E-state index contributed by atoms with van der Waals surface area (Å²) in [5, 5.41) is 5.29. The van der Waals surface area contributed by atoms with Gasteiger partial charge in [-0.05, 0) is 45.3 Å². The maximum atomic E-state index is 3.72. The summed E-state index contributed by atoms with van der Waals surface area (Å²) in [5.41, 5.74) is 6.00. The third-order valence-corrected chi connectivity index (χ3v) is 4.82. The zero-order valence-electron chi connectivity index (χ0n) is 12.4. The summed E-state index contributed by atoms with van der Waals surface area (Å²) in [5.74, 6) is 0. The molecule has 1 aromatic rings. The molecule has 0 aliphatic heterocycles. The molecule has 0 aromatic heterocycles. The fourth-order valence-electron chi connectivity index (χ4n) is 2.59. The minimum Gasteiger partial charge on any atom is -0.380 e. The van der Waals surface area contributed by atoms with Gasteiger partial charge in [0, 0.05) is 16.8 Å². The van der Waals surface area contributed by atoms with Gasteiger partial charge in [-0.3, -0.25) is 0 Å². The Balaban J connectivity index is 2.50. The summed E-state index contributed by atoms with van der Waals surface area (Å²) in [6.07, 6.45) is 1.11. The Morgan fingerprint density at radius 3 is 2.39 bits per heavy atom. The molecule has 1 aromatic carbocycles. The molecule has 0 saturated heterocycles. The summed E-state index contributed by atoms with van der Waals surface area (Å²) < 4.78 is 0. The van der Waals surface area contributed by atoms with E-state index in [4.69, 9.17) is 0 Å². The summed E-state index contributed by atoms with van der Waals surface area (Å²) >= 11 is 0. The van der Waals surface area contributed by atoms with E-state index in [0.717, 1.165) is 6.42 Å². The van der Waals surface area contributed by atoms with E-state index in [-0.39, 0.29) is 5.54 Å². The van der Waals surface area contributed by atoms with Crippen molar-refractivity contribution in [2.24, 2.45) is 0 Å². The van der Waals surface area contributed by atoms with Crippen molar-refractivity contribution in [1.29, 1.82) is 0 Å². The minimum absolute atomic E-state index is 0.125. The topological polar surface area (TPSA) is 12.0 Å². The first-order valence-electron chi connectivity index (χ1n) is 6.70. The molecule has 0 heterocycles. The molecule has 1 nitrogen and oxygen atoms in total. The number of rotatable bonds is 2. The van der Waals surface area contributed by atoms with E-state index in [0.29, 0.717) is 0 Å². The van der Waals surface area contributed by atoms with Crippen molar-refractivity contribution < 1.29 is 0 Å². The van der Waals surface area contributed by atoms with Crippen LogP contribution in [0.25, 0.3) is 5.70 Å². The number of hydrogen-bond acceptors (Lipinski definition) is 1. The second-order valence-corrected chi connectivity index (χ2v) is 9.09. The summed E-state index contributed by atoms with van der Waals surface area (Å²) in [6.45, 7) is 13.7. The van der Waals surface area contributed by atoms with Crippen LogP contribution in [0.1, 0.15) is 38.8 Å². The molecular weight excluding hydrogens is 234 g/mol. The number of allylic oxidation sites excluding steroid dienone is 1. The van der Waals surface area contributed by atoms with Gasteiger partial charge < -0.3 is 5.32 Å². The van der Waals surface area contributed by atoms with Gasteiger partial charge >= 0.3 is 0 Å². The van der Waals surface area contributed by atoms with Crippen molar-refractivity contribution in [2.75, 3.05) is 0 Å². The Kier molecular flexibility index (Phi) is 3.41. The van der Waals surface area contributed by atoms with Crippen molar-refractivity contribution in [1.82, 2.24) is 5.32 Å². The van der Waals surface area contributed by atoms with Crippen LogP contribution in [-0.4, -0.2) is 14.3 Å². The summed E-state index contributed by atoms with van der Waals surface area (Å²) in [4.78, 5) is 0. The zero-order valence-corrected chi connectivity index (χ0v) is 13.4. The van der Waals surface area contributed by atoms with Crippen LogP contribution in [-0.2, 0) is 6.42 Å². The van der Waals surface area contributed by atoms with Gasteiger partial charge in [-0.15, -0.1) is 0 Å². The molecule has 2 rings (SSSR count). The first-order chi connectivity index (χ1) is 8.29. The number of fused-ring (bicyclic) bond motifs is 1. The highest BCUT2D eigenvalue weighted by molar-refractivity contribution is 6.71. The van der Waals surface area contributed by atoms with E-state index in [1.165, 1.54) is 22.4 Å². The average Bonchev–Trinajstić information content (AvgIpc) is 2.53. The van der Waals surface area contributed by atoms with Crippen LogP contribution in [0.5, 0.6) is 0 Å². The van der Waals surface area contributed by atoms with Crippen LogP contribution >= 0.6 is 0 Å². The van der Waals surface area contributed by atoms with E-state index in [1.54, 1.807) is 5.19 Å². The molecule has 18 heavy (non-hydrogen) atoms. The lowest BCUT2D eigenvalue weighted by atomic mass is 10.1. The van der Waals surface area contributed by atoms with Crippen molar-refractivity contribution >= 4 is 19.7 Å². The molecule has 1 aliphatic rings. The predicted molar refractivity (Wildman–Crippen MR) is 82.7 cm³/mol. The average molecular weight is 258 g/mol. The smallest absolute Gasteiger partial charge is 0.0800 e. The van der Waals surface area contributed by atoms with Crippen molar-refractivity contribution in [3.8, 4) is 0 Å². The van der Waals surface area contributed by atoms with Crippen molar-refractivity contribution in [3.63, 3.8) is 0 Å². The van der Waals surface area contributed by atoms with Crippen LogP contribution < -0.4 is 10.5 Å². The lowest BCUT2D eigenvalue weighted by Gasteiger charge is -2.26. The third kappa shape index (κ3) is 2.53. The van der Waals surface area contributed by atoms with Crippen LogP contribution in [0.4, 0.5) is 0 Å². The monoisotopic (exact) mass is 258 g/mol. The summed E-state index contributed by atoms with van der Waals surface area (Å²) in [7, 11) is -0.421. The molecule has 0 unspecified atom stereocenters. The first-order valence-corrected chi connectivity index (χ1v) is 9.20. The Bertz CT molecular complexity index is 492. The Labute approximate surface area is 113 Å². The first kappa shape index (κ1) is 13.4. The zero-order chi connectivity index (χ0) is 13.5. The largest absolute Gasteiger partial charge is 0.380 e. The molecule has 1 aliphatic carbocycles. The predicted octanol–water partition coefficient (Wildman–Crippen LogP) is 3.32. The van der Waals surface area contributed by atoms with E-state index >= 15 is 0 Å². The SMILES string of the molecule is CC1=C(NC(C)(C)C)c2c(cccc2[Si](C)C)C1. The van der Waals surface area contributed by atoms with Crippen LogP contribution in [0.3, 0.4) is 0 Å². The van der Waals surface area contributed by atoms with Crippen molar-refractivity contribution in [2.45, 2.75) is 52.7 Å². The molecule has 1 N–H and O–H groups in total. The highest BCUT2D eigenvalue weighted by Gasteiger charge is 2.25. The van der Waals surface area contributed by atoms with Gasteiger partial charge in [0.15, 0.2) is 0 Å². The second-order valence-electron chi connectivity index (χ2n) is 6.55. The fourth-order valence-corrected chi connectivity index (χ4v) is 3.81. The molecule has 0 atom stereocenters. The fraction of sp³-hybridized carbons (Fsp3) is 0.500. The Morgan fingerprint density at radius 1 is 1.17 bits per heavy atom. The maximum Gasteiger partial charge on any atom is 0.0800 e. The van der Waals surface area contributed by atoms with Gasteiger partial charge in [-0.1, -0.05) is 36.5 Å². The number of benzene rings is 1. The molecule has 0 spiro atoms. The lowest BCUT2D eigenvalue weighted by molar-refractivity contribution is 0.501. The molecule has 1 radical (unpaired) electrons. The lowest BCUT2D eigenvalue weighted by Crippen LogP contribution is -2.37. The second kappa shape index (κ2) is 4.58. The van der Waals surface area contributed by atoms with Gasteiger partial charge in [-0.2, -0.15) is 0 Å². The quantitative estimate of drug-likeness (QED) is 0.803. The van der Waals surface area contributed by atoms with Gasteiger partial charge in [-0.25, -0.2) is 0 Å². The molecule has 0 fully saturated rings. The highest BCUT2D eigenvalue weighted by atomic mass is 28.3. The van der Waals surface area contributed by atoms with Gasteiger partial charge in [0.05, 0.1) is 8.80 Å². The van der Waals surface area contributed by atoms with Crippen LogP contribution in [0, 0.1) is 0 Å². The molecule has 0 saturated carbocycles. The van der Waals surface area contributed by atoms with Crippen LogP contribution in [0.15, 0.2) is 23.8 Å². The van der Waals surface area contributed by atoms with E-state index in [1.807, 2.05) is 0 Å². The van der Waals surface area contributed by atoms with Crippen LogP contribution in [0.2, 0.25) is 13.1 Å².